The summed E-state index contributed by atoms with van der Waals surface area (Å²) < 4.78 is 38.6. The summed E-state index contributed by atoms with van der Waals surface area (Å²) in [6, 6.07) is 3.75. The van der Waals surface area contributed by atoms with E-state index >= 15 is 0 Å². The molecule has 1 saturated heterocycles. The second-order valence-electron chi connectivity index (χ2n) is 4.88. The Kier molecular flexibility index (Phi) is 3.73. The number of nitriles is 1. The lowest BCUT2D eigenvalue weighted by atomic mass is 10.1. The third-order valence-corrected chi connectivity index (χ3v) is 3.36. The first kappa shape index (κ1) is 14.4. The number of hydrogen-bond acceptors (Lipinski definition) is 6. The molecular weight excluding hydrogens is 294 g/mol. The molecule has 0 aliphatic carbocycles. The molecule has 0 amide bonds. The lowest BCUT2D eigenvalue weighted by Gasteiger charge is -2.33. The van der Waals surface area contributed by atoms with Crippen molar-refractivity contribution in [2.24, 2.45) is 0 Å². The van der Waals surface area contributed by atoms with Crippen molar-refractivity contribution in [3.05, 3.63) is 41.0 Å². The number of ether oxygens (including phenoxy) is 1. The van der Waals surface area contributed by atoms with E-state index in [1.54, 1.807) is 13.0 Å². The van der Waals surface area contributed by atoms with Gasteiger partial charge in [0.15, 0.2) is 11.6 Å². The van der Waals surface area contributed by atoms with Gasteiger partial charge < -0.3 is 14.2 Å². The topological polar surface area (TPSA) is 75.2 Å². The van der Waals surface area contributed by atoms with Crippen LogP contribution in [0.3, 0.4) is 0 Å². The van der Waals surface area contributed by atoms with Gasteiger partial charge in [0, 0.05) is 13.5 Å². The molecule has 0 radical (unpaired) electrons. The number of aryl methyl sites for hydroxylation is 1. The second-order valence-corrected chi connectivity index (χ2v) is 4.88. The average Bonchev–Trinajstić information content (AvgIpc) is 2.93. The third-order valence-electron chi connectivity index (χ3n) is 3.36. The first-order chi connectivity index (χ1) is 10.6. The van der Waals surface area contributed by atoms with Crippen molar-refractivity contribution in [3.8, 4) is 6.07 Å². The van der Waals surface area contributed by atoms with Crippen LogP contribution in [0.4, 0.5) is 14.5 Å². The van der Waals surface area contributed by atoms with E-state index < -0.39 is 17.7 Å². The predicted octanol–water partition coefficient (Wildman–Crippen LogP) is 2.11. The molecule has 3 rings (SSSR count). The van der Waals surface area contributed by atoms with Crippen molar-refractivity contribution in [1.29, 1.82) is 5.26 Å². The smallest absolute Gasteiger partial charge is 0.223 e. The van der Waals surface area contributed by atoms with E-state index in [-0.39, 0.29) is 24.4 Å². The Morgan fingerprint density at radius 3 is 2.68 bits per heavy atom. The van der Waals surface area contributed by atoms with E-state index in [0.717, 1.165) is 12.1 Å². The summed E-state index contributed by atoms with van der Waals surface area (Å²) in [5.41, 5.74) is -0.232. The number of anilines is 1. The number of benzene rings is 1. The Balaban J connectivity index is 1.88. The Bertz CT molecular complexity index is 718. The van der Waals surface area contributed by atoms with Crippen LogP contribution in [-0.2, 0) is 4.74 Å². The molecule has 1 aromatic carbocycles. The van der Waals surface area contributed by atoms with E-state index in [1.807, 2.05) is 0 Å². The zero-order valence-corrected chi connectivity index (χ0v) is 11.7. The van der Waals surface area contributed by atoms with Crippen LogP contribution in [0.5, 0.6) is 0 Å². The average molecular weight is 306 g/mol. The Labute approximate surface area is 124 Å². The summed E-state index contributed by atoms with van der Waals surface area (Å²) in [4.78, 5) is 5.59. The van der Waals surface area contributed by atoms with E-state index in [9.17, 15) is 8.78 Å². The fourth-order valence-electron chi connectivity index (χ4n) is 2.39. The molecule has 0 spiro atoms. The summed E-state index contributed by atoms with van der Waals surface area (Å²) >= 11 is 0. The zero-order chi connectivity index (χ0) is 15.7. The molecule has 1 aromatic heterocycles. The van der Waals surface area contributed by atoms with Crippen LogP contribution in [0.15, 0.2) is 16.7 Å². The van der Waals surface area contributed by atoms with Gasteiger partial charge in [-0.1, -0.05) is 5.16 Å². The maximum atomic E-state index is 14.1. The fraction of sp³-hybridized carbons (Fsp3) is 0.357. The first-order valence-corrected chi connectivity index (χ1v) is 6.64. The van der Waals surface area contributed by atoms with Crippen molar-refractivity contribution < 1.29 is 18.0 Å². The van der Waals surface area contributed by atoms with Gasteiger partial charge in [0.05, 0.1) is 24.8 Å². The maximum absolute atomic E-state index is 14.1. The SMILES string of the molecule is Cc1nc([C@@H]2CN(c3c(F)cc(C#N)cc3F)CCO2)no1. The number of hydrogen-bond donors (Lipinski definition) is 0. The normalized spacial score (nSPS) is 18.3. The Morgan fingerprint density at radius 1 is 1.36 bits per heavy atom. The lowest BCUT2D eigenvalue weighted by Crippen LogP contribution is -2.39. The maximum Gasteiger partial charge on any atom is 0.223 e. The summed E-state index contributed by atoms with van der Waals surface area (Å²) in [5, 5.41) is 12.5. The van der Waals surface area contributed by atoms with E-state index in [2.05, 4.69) is 10.1 Å². The van der Waals surface area contributed by atoms with Gasteiger partial charge in [-0.25, -0.2) is 8.78 Å². The molecule has 1 aliphatic heterocycles. The van der Waals surface area contributed by atoms with Crippen molar-refractivity contribution >= 4 is 5.69 Å². The zero-order valence-electron chi connectivity index (χ0n) is 11.7. The minimum atomic E-state index is -0.776. The van der Waals surface area contributed by atoms with E-state index in [4.69, 9.17) is 14.5 Å². The lowest BCUT2D eigenvalue weighted by molar-refractivity contribution is 0.0322. The minimum absolute atomic E-state index is 0.0580. The fourth-order valence-corrected chi connectivity index (χ4v) is 2.39. The van der Waals surface area contributed by atoms with Crippen LogP contribution in [0, 0.1) is 29.9 Å². The van der Waals surface area contributed by atoms with Gasteiger partial charge in [0.1, 0.15) is 11.8 Å². The molecule has 1 fully saturated rings. The molecule has 22 heavy (non-hydrogen) atoms. The van der Waals surface area contributed by atoms with Crippen LogP contribution >= 0.6 is 0 Å². The summed E-state index contributed by atoms with van der Waals surface area (Å²) in [7, 11) is 0. The molecule has 2 heterocycles. The van der Waals surface area contributed by atoms with Gasteiger partial charge in [-0.05, 0) is 12.1 Å². The number of aromatic nitrogens is 2. The standard InChI is InChI=1S/C14H12F2N4O2/c1-8-18-14(19-22-8)12-7-20(2-3-21-12)13-10(15)4-9(6-17)5-11(13)16/h4-5,12H,2-3,7H2,1H3/t12-/m0/s1. The molecule has 0 N–H and O–H groups in total. The van der Waals surface area contributed by atoms with Crippen LogP contribution < -0.4 is 4.90 Å². The highest BCUT2D eigenvalue weighted by Gasteiger charge is 2.29. The molecule has 1 aliphatic rings. The van der Waals surface area contributed by atoms with Gasteiger partial charge in [0.25, 0.3) is 0 Å². The van der Waals surface area contributed by atoms with Gasteiger partial charge in [-0.3, -0.25) is 0 Å². The monoisotopic (exact) mass is 306 g/mol. The van der Waals surface area contributed by atoms with Crippen LogP contribution in [0.25, 0.3) is 0 Å². The summed E-state index contributed by atoms with van der Waals surface area (Å²) in [6.07, 6.45) is -0.527. The van der Waals surface area contributed by atoms with Crippen molar-refractivity contribution in [2.75, 3.05) is 24.6 Å². The van der Waals surface area contributed by atoms with Gasteiger partial charge in [-0.2, -0.15) is 10.2 Å². The van der Waals surface area contributed by atoms with Crippen molar-refractivity contribution in [2.45, 2.75) is 13.0 Å². The molecule has 0 saturated carbocycles. The molecule has 114 valence electrons. The minimum Gasteiger partial charge on any atom is -0.366 e. The third kappa shape index (κ3) is 2.63. The number of morpholine rings is 1. The molecule has 1 atom stereocenters. The first-order valence-electron chi connectivity index (χ1n) is 6.64. The van der Waals surface area contributed by atoms with Gasteiger partial charge in [-0.15, -0.1) is 0 Å². The van der Waals surface area contributed by atoms with Crippen molar-refractivity contribution in [3.63, 3.8) is 0 Å². The quantitative estimate of drug-likeness (QED) is 0.846. The molecule has 6 nitrogen and oxygen atoms in total. The molecular formula is C14H12F2N4O2. The van der Waals surface area contributed by atoms with Crippen LogP contribution in [0.2, 0.25) is 0 Å². The highest BCUT2D eigenvalue weighted by atomic mass is 19.1. The summed E-state index contributed by atoms with van der Waals surface area (Å²) in [5.74, 6) is -0.814. The Morgan fingerprint density at radius 2 is 2.09 bits per heavy atom. The summed E-state index contributed by atoms with van der Waals surface area (Å²) in [6.45, 7) is 2.44. The number of rotatable bonds is 2. The molecule has 2 aromatic rings. The highest BCUT2D eigenvalue weighted by molar-refractivity contribution is 5.53. The highest BCUT2D eigenvalue weighted by Crippen LogP contribution is 2.29. The van der Waals surface area contributed by atoms with Gasteiger partial charge >= 0.3 is 0 Å². The van der Waals surface area contributed by atoms with Gasteiger partial charge in [0.2, 0.25) is 11.7 Å². The van der Waals surface area contributed by atoms with E-state index in [1.165, 1.54) is 4.90 Å². The second kappa shape index (κ2) is 5.69. The number of nitrogens with zero attached hydrogens (tertiary/aromatic N) is 4. The van der Waals surface area contributed by atoms with Crippen LogP contribution in [0.1, 0.15) is 23.4 Å². The van der Waals surface area contributed by atoms with Crippen LogP contribution in [-0.4, -0.2) is 29.8 Å². The molecule has 0 unspecified atom stereocenters. The molecule has 0 bridgehead atoms. The van der Waals surface area contributed by atoms with E-state index in [0.29, 0.717) is 18.3 Å². The van der Waals surface area contributed by atoms with Crippen molar-refractivity contribution in [1.82, 2.24) is 10.1 Å². The predicted molar refractivity (Wildman–Crippen MR) is 71.0 cm³/mol. The largest absolute Gasteiger partial charge is 0.366 e. The molecule has 8 heteroatoms. The Hall–Kier alpha value is -2.53. The number of halogens is 2.